The average molecular weight is 312 g/mol. The summed E-state index contributed by atoms with van der Waals surface area (Å²) in [6, 6.07) is 6.28. The molecule has 0 heterocycles. The van der Waals surface area contributed by atoms with Crippen molar-refractivity contribution < 1.29 is 24.5 Å². The van der Waals surface area contributed by atoms with Gasteiger partial charge in [0.05, 0.1) is 0 Å². The van der Waals surface area contributed by atoms with Crippen molar-refractivity contribution in [1.82, 2.24) is 0 Å². The molecule has 6 heteroatoms. The zero-order chi connectivity index (χ0) is 15.5. The van der Waals surface area contributed by atoms with Crippen LogP contribution in [0.2, 0.25) is 0 Å². The number of carbonyl (C=O) groups excluding carboxylic acids is 1. The minimum absolute atomic E-state index is 0.0754. The van der Waals surface area contributed by atoms with Gasteiger partial charge in [0.15, 0.2) is 0 Å². The number of benzene rings is 1. The number of carboxylic acid groups (broad SMARTS) is 1. The van der Waals surface area contributed by atoms with E-state index in [1.54, 1.807) is 23.9 Å². The highest BCUT2D eigenvalue weighted by atomic mass is 32.2. The van der Waals surface area contributed by atoms with Crippen LogP contribution in [0, 0.1) is 0 Å². The SMILES string of the molecule is O=C(O)CCCCCSCCOC(=O)c1ccccc1O. The van der Waals surface area contributed by atoms with Crippen molar-refractivity contribution in [3.05, 3.63) is 29.8 Å². The number of phenolic OH excluding ortho intramolecular Hbond substituents is 1. The number of hydrogen-bond donors (Lipinski definition) is 2. The molecule has 2 N–H and O–H groups in total. The number of unbranched alkanes of at least 4 members (excludes halogenated alkanes) is 2. The van der Waals surface area contributed by atoms with Gasteiger partial charge in [0.2, 0.25) is 0 Å². The second-order valence-electron chi connectivity index (χ2n) is 4.47. The Bertz CT molecular complexity index is 461. The molecule has 0 aromatic heterocycles. The molecular weight excluding hydrogens is 292 g/mol. The maximum absolute atomic E-state index is 11.7. The van der Waals surface area contributed by atoms with Crippen LogP contribution in [0.3, 0.4) is 0 Å². The number of rotatable bonds is 10. The molecule has 0 aliphatic carbocycles. The maximum atomic E-state index is 11.7. The van der Waals surface area contributed by atoms with E-state index in [1.807, 2.05) is 0 Å². The summed E-state index contributed by atoms with van der Waals surface area (Å²) in [4.78, 5) is 22.0. The minimum Gasteiger partial charge on any atom is -0.507 e. The van der Waals surface area contributed by atoms with E-state index < -0.39 is 11.9 Å². The van der Waals surface area contributed by atoms with Crippen molar-refractivity contribution >= 4 is 23.7 Å². The summed E-state index contributed by atoms with van der Waals surface area (Å²) in [6.07, 6.45) is 2.79. The Balaban J connectivity index is 2.03. The number of carbonyl (C=O) groups is 2. The number of hydrogen-bond acceptors (Lipinski definition) is 5. The molecule has 0 atom stereocenters. The van der Waals surface area contributed by atoms with Gasteiger partial charge in [0.25, 0.3) is 0 Å². The van der Waals surface area contributed by atoms with Gasteiger partial charge in [-0.25, -0.2) is 4.79 Å². The lowest BCUT2D eigenvalue weighted by molar-refractivity contribution is -0.137. The first kappa shape index (κ1) is 17.4. The molecular formula is C15H20O5S. The number of para-hydroxylation sites is 1. The highest BCUT2D eigenvalue weighted by Crippen LogP contribution is 2.16. The van der Waals surface area contributed by atoms with Gasteiger partial charge in [-0.15, -0.1) is 0 Å². The van der Waals surface area contributed by atoms with Gasteiger partial charge in [-0.3, -0.25) is 4.79 Å². The van der Waals surface area contributed by atoms with Crippen molar-refractivity contribution in [2.75, 3.05) is 18.1 Å². The van der Waals surface area contributed by atoms with Gasteiger partial charge in [-0.05, 0) is 30.7 Å². The fourth-order valence-electron chi connectivity index (χ4n) is 1.68. The predicted octanol–water partition coefficient (Wildman–Crippen LogP) is 2.93. The highest BCUT2D eigenvalue weighted by Gasteiger charge is 2.10. The van der Waals surface area contributed by atoms with E-state index in [2.05, 4.69) is 0 Å². The second kappa shape index (κ2) is 10.1. The van der Waals surface area contributed by atoms with Crippen molar-refractivity contribution in [2.45, 2.75) is 25.7 Å². The van der Waals surface area contributed by atoms with E-state index in [9.17, 15) is 14.7 Å². The molecule has 1 aromatic rings. The molecule has 0 aliphatic rings. The average Bonchev–Trinajstić information content (AvgIpc) is 2.45. The minimum atomic E-state index is -0.751. The van der Waals surface area contributed by atoms with E-state index in [1.165, 1.54) is 12.1 Å². The zero-order valence-corrected chi connectivity index (χ0v) is 12.6. The molecule has 0 fully saturated rings. The Hall–Kier alpha value is -1.69. The molecule has 0 amide bonds. The van der Waals surface area contributed by atoms with Crippen LogP contribution in [0.5, 0.6) is 5.75 Å². The first-order valence-corrected chi connectivity index (χ1v) is 8.01. The van der Waals surface area contributed by atoms with Gasteiger partial charge >= 0.3 is 11.9 Å². The Morgan fingerprint density at radius 3 is 2.57 bits per heavy atom. The molecule has 0 saturated carbocycles. The third kappa shape index (κ3) is 7.60. The molecule has 0 aliphatic heterocycles. The lowest BCUT2D eigenvalue weighted by Gasteiger charge is -2.06. The molecule has 5 nitrogen and oxygen atoms in total. The number of esters is 1. The van der Waals surface area contributed by atoms with E-state index in [4.69, 9.17) is 9.84 Å². The summed E-state index contributed by atoms with van der Waals surface area (Å²) in [6.45, 7) is 0.299. The monoisotopic (exact) mass is 312 g/mol. The van der Waals surface area contributed by atoms with Crippen LogP contribution >= 0.6 is 11.8 Å². The van der Waals surface area contributed by atoms with Crippen LogP contribution in [0.4, 0.5) is 0 Å². The van der Waals surface area contributed by atoms with Gasteiger partial charge in [-0.1, -0.05) is 18.6 Å². The lowest BCUT2D eigenvalue weighted by atomic mass is 10.2. The molecule has 116 valence electrons. The van der Waals surface area contributed by atoms with Gasteiger partial charge in [-0.2, -0.15) is 11.8 Å². The predicted molar refractivity (Wildman–Crippen MR) is 81.8 cm³/mol. The smallest absolute Gasteiger partial charge is 0.341 e. The van der Waals surface area contributed by atoms with Crippen molar-refractivity contribution in [2.24, 2.45) is 0 Å². The van der Waals surface area contributed by atoms with Crippen LogP contribution in [0.15, 0.2) is 24.3 Å². The number of ether oxygens (including phenoxy) is 1. The number of aromatic hydroxyl groups is 1. The first-order chi connectivity index (χ1) is 10.1. The van der Waals surface area contributed by atoms with E-state index in [0.29, 0.717) is 18.8 Å². The fourth-order valence-corrected chi connectivity index (χ4v) is 2.49. The van der Waals surface area contributed by atoms with E-state index in [-0.39, 0.29) is 17.7 Å². The summed E-state index contributed by atoms with van der Waals surface area (Å²) in [7, 11) is 0. The second-order valence-corrected chi connectivity index (χ2v) is 5.69. The molecule has 0 unspecified atom stereocenters. The van der Waals surface area contributed by atoms with Crippen LogP contribution in [0.25, 0.3) is 0 Å². The molecule has 21 heavy (non-hydrogen) atoms. The number of carboxylic acids is 1. The maximum Gasteiger partial charge on any atom is 0.341 e. The third-order valence-corrected chi connectivity index (χ3v) is 3.80. The van der Waals surface area contributed by atoms with Crippen LogP contribution in [0.1, 0.15) is 36.0 Å². The molecule has 0 radical (unpaired) electrons. The Morgan fingerprint density at radius 2 is 1.86 bits per heavy atom. The normalized spacial score (nSPS) is 10.3. The molecule has 0 bridgehead atoms. The van der Waals surface area contributed by atoms with Crippen LogP contribution < -0.4 is 0 Å². The topological polar surface area (TPSA) is 83.8 Å². The quantitative estimate of drug-likeness (QED) is 0.510. The molecule has 0 spiro atoms. The molecule has 1 aromatic carbocycles. The zero-order valence-electron chi connectivity index (χ0n) is 11.8. The summed E-state index contributed by atoms with van der Waals surface area (Å²) >= 11 is 1.67. The number of aliphatic carboxylic acids is 1. The van der Waals surface area contributed by atoms with Crippen molar-refractivity contribution in [3.8, 4) is 5.75 Å². The third-order valence-electron chi connectivity index (χ3n) is 2.76. The summed E-state index contributed by atoms with van der Waals surface area (Å²) in [5.41, 5.74) is 0.177. The first-order valence-electron chi connectivity index (χ1n) is 6.86. The van der Waals surface area contributed by atoms with Gasteiger partial charge in [0, 0.05) is 12.2 Å². The highest BCUT2D eigenvalue weighted by molar-refractivity contribution is 7.99. The molecule has 1 rings (SSSR count). The fraction of sp³-hybridized carbons (Fsp3) is 0.467. The molecule has 0 saturated heterocycles. The summed E-state index contributed by atoms with van der Waals surface area (Å²) in [5.74, 6) is 0.272. The number of phenols is 1. The van der Waals surface area contributed by atoms with Crippen LogP contribution in [-0.4, -0.2) is 40.3 Å². The Kier molecular flexibility index (Phi) is 8.35. The summed E-state index contributed by atoms with van der Waals surface area (Å²) < 4.78 is 5.07. The Morgan fingerprint density at radius 1 is 1.10 bits per heavy atom. The standard InChI is InChI=1S/C15H20O5S/c16-13-7-4-3-6-12(13)15(19)20-9-11-21-10-5-1-2-8-14(17)18/h3-4,6-7,16H,1-2,5,8-11H2,(H,17,18). The Labute approximate surface area is 128 Å². The number of thioether (sulfide) groups is 1. The van der Waals surface area contributed by atoms with Gasteiger partial charge < -0.3 is 14.9 Å². The van der Waals surface area contributed by atoms with Crippen molar-refractivity contribution in [1.29, 1.82) is 0 Å². The van der Waals surface area contributed by atoms with E-state index >= 15 is 0 Å². The van der Waals surface area contributed by atoms with Gasteiger partial charge in [0.1, 0.15) is 17.9 Å². The lowest BCUT2D eigenvalue weighted by Crippen LogP contribution is -2.08. The van der Waals surface area contributed by atoms with Crippen LogP contribution in [-0.2, 0) is 9.53 Å². The summed E-state index contributed by atoms with van der Waals surface area (Å²) in [5, 5.41) is 18.0. The largest absolute Gasteiger partial charge is 0.507 e. The van der Waals surface area contributed by atoms with Crippen molar-refractivity contribution in [3.63, 3.8) is 0 Å². The van der Waals surface area contributed by atoms with E-state index in [0.717, 1.165) is 18.6 Å².